The van der Waals surface area contributed by atoms with Crippen molar-refractivity contribution in [3.63, 3.8) is 0 Å². The number of halogens is 2. The van der Waals surface area contributed by atoms with E-state index in [1.165, 1.54) is 17.0 Å². The van der Waals surface area contributed by atoms with Gasteiger partial charge in [-0.05, 0) is 56.5 Å². The lowest BCUT2D eigenvalue weighted by molar-refractivity contribution is -0.141. The first-order chi connectivity index (χ1) is 17.0. The molecule has 0 bridgehead atoms. The minimum absolute atomic E-state index is 0.0297. The van der Waals surface area contributed by atoms with Crippen LogP contribution in [0.3, 0.4) is 0 Å². The van der Waals surface area contributed by atoms with E-state index in [0.29, 0.717) is 15.6 Å². The molecule has 0 fully saturated rings. The third-order valence-corrected chi connectivity index (χ3v) is 8.75. The molecule has 2 unspecified atom stereocenters. The molecule has 0 aliphatic carbocycles. The standard InChI is InChI=1S/C25H29Cl2N3O5S/c1-4-16(2)28-24(32)17(3)29(15-18-11-12-20(26)21(27)14-18)23(31)10-7-13-30-25(33)19-8-5-6-9-22(19)36(30,34)35/h5-6,8-9,11-12,14,16-17H,4,7,10,13,15H2,1-3H3,(H,28,32). The van der Waals surface area contributed by atoms with E-state index < -0.39 is 22.0 Å². The third-order valence-electron chi connectivity index (χ3n) is 6.17. The normalized spacial score (nSPS) is 15.8. The number of hydrogen-bond donors (Lipinski definition) is 1. The van der Waals surface area contributed by atoms with E-state index >= 15 is 0 Å². The van der Waals surface area contributed by atoms with Gasteiger partial charge in [0.05, 0.1) is 15.6 Å². The first-order valence-corrected chi connectivity index (χ1v) is 13.9. The van der Waals surface area contributed by atoms with Crippen LogP contribution in [0, 0.1) is 0 Å². The van der Waals surface area contributed by atoms with Crippen LogP contribution in [0.5, 0.6) is 0 Å². The molecule has 0 radical (unpaired) electrons. The minimum Gasteiger partial charge on any atom is -0.352 e. The van der Waals surface area contributed by atoms with Crippen molar-refractivity contribution in [3.8, 4) is 0 Å². The molecule has 0 aromatic heterocycles. The predicted molar refractivity (Wildman–Crippen MR) is 138 cm³/mol. The Bertz CT molecular complexity index is 1270. The molecule has 1 N–H and O–H groups in total. The first kappa shape index (κ1) is 28.0. The molecule has 194 valence electrons. The fourth-order valence-corrected chi connectivity index (χ4v) is 5.78. The van der Waals surface area contributed by atoms with Crippen molar-refractivity contribution < 1.29 is 22.8 Å². The molecule has 1 aliphatic heterocycles. The van der Waals surface area contributed by atoms with Crippen LogP contribution < -0.4 is 5.32 Å². The molecule has 11 heteroatoms. The summed E-state index contributed by atoms with van der Waals surface area (Å²) in [6.07, 6.45) is 0.785. The molecular formula is C25H29Cl2N3O5S. The van der Waals surface area contributed by atoms with Crippen molar-refractivity contribution in [1.82, 2.24) is 14.5 Å². The van der Waals surface area contributed by atoms with Crippen LogP contribution in [0.2, 0.25) is 10.0 Å². The van der Waals surface area contributed by atoms with E-state index in [-0.39, 0.29) is 54.2 Å². The zero-order valence-corrected chi connectivity index (χ0v) is 22.7. The van der Waals surface area contributed by atoms with Crippen LogP contribution in [-0.2, 0) is 26.2 Å². The lowest BCUT2D eigenvalue weighted by Crippen LogP contribution is -2.49. The van der Waals surface area contributed by atoms with Gasteiger partial charge in [0.1, 0.15) is 10.9 Å². The average molecular weight is 554 g/mol. The van der Waals surface area contributed by atoms with E-state index in [1.54, 1.807) is 37.3 Å². The highest BCUT2D eigenvalue weighted by Crippen LogP contribution is 2.30. The number of benzene rings is 2. The maximum absolute atomic E-state index is 13.3. The summed E-state index contributed by atoms with van der Waals surface area (Å²) in [5.41, 5.74) is 0.814. The molecule has 3 amide bonds. The number of nitrogens with zero attached hydrogens (tertiary/aromatic N) is 2. The van der Waals surface area contributed by atoms with Gasteiger partial charge in [0.15, 0.2) is 0 Å². The predicted octanol–water partition coefficient (Wildman–Crippen LogP) is 4.25. The summed E-state index contributed by atoms with van der Waals surface area (Å²) in [7, 11) is -3.95. The number of carbonyl (C=O) groups excluding carboxylic acids is 3. The molecule has 36 heavy (non-hydrogen) atoms. The Morgan fingerprint density at radius 1 is 1.08 bits per heavy atom. The number of fused-ring (bicyclic) bond motifs is 1. The summed E-state index contributed by atoms with van der Waals surface area (Å²) >= 11 is 12.1. The topological polar surface area (TPSA) is 104 Å². The summed E-state index contributed by atoms with van der Waals surface area (Å²) in [5.74, 6) is -1.26. The van der Waals surface area contributed by atoms with Crippen molar-refractivity contribution in [1.29, 1.82) is 0 Å². The van der Waals surface area contributed by atoms with Gasteiger partial charge >= 0.3 is 0 Å². The second kappa shape index (κ2) is 11.6. The summed E-state index contributed by atoms with van der Waals surface area (Å²) in [6, 6.07) is 10.2. The zero-order chi connectivity index (χ0) is 26.6. The SMILES string of the molecule is CCC(C)NC(=O)C(C)N(Cc1ccc(Cl)c(Cl)c1)C(=O)CCCN1C(=O)c2ccccc2S1(=O)=O. The van der Waals surface area contributed by atoms with E-state index in [4.69, 9.17) is 23.2 Å². The number of hydrogen-bond acceptors (Lipinski definition) is 5. The first-order valence-electron chi connectivity index (χ1n) is 11.7. The van der Waals surface area contributed by atoms with Gasteiger partial charge in [-0.25, -0.2) is 12.7 Å². The Morgan fingerprint density at radius 2 is 1.78 bits per heavy atom. The molecule has 2 atom stereocenters. The number of amides is 3. The van der Waals surface area contributed by atoms with Crippen LogP contribution in [0.15, 0.2) is 47.4 Å². The Labute approximate surface area is 221 Å². The number of nitrogens with one attached hydrogen (secondary N) is 1. The summed E-state index contributed by atoms with van der Waals surface area (Å²) in [4.78, 5) is 40.1. The highest BCUT2D eigenvalue weighted by atomic mass is 35.5. The van der Waals surface area contributed by atoms with Gasteiger partial charge in [0.25, 0.3) is 15.9 Å². The largest absolute Gasteiger partial charge is 0.352 e. The Morgan fingerprint density at radius 3 is 2.42 bits per heavy atom. The van der Waals surface area contributed by atoms with Crippen LogP contribution in [0.25, 0.3) is 0 Å². The van der Waals surface area contributed by atoms with E-state index in [1.807, 2.05) is 13.8 Å². The Balaban J connectivity index is 1.73. The van der Waals surface area contributed by atoms with Crippen molar-refractivity contribution >= 4 is 50.9 Å². The zero-order valence-electron chi connectivity index (χ0n) is 20.3. The van der Waals surface area contributed by atoms with Crippen molar-refractivity contribution in [2.75, 3.05) is 6.54 Å². The second-order valence-electron chi connectivity index (χ2n) is 8.75. The monoisotopic (exact) mass is 553 g/mol. The fourth-order valence-electron chi connectivity index (χ4n) is 3.85. The van der Waals surface area contributed by atoms with Gasteiger partial charge in [-0.1, -0.05) is 48.3 Å². The van der Waals surface area contributed by atoms with Crippen molar-refractivity contribution in [2.24, 2.45) is 0 Å². The van der Waals surface area contributed by atoms with Gasteiger partial charge in [0, 0.05) is 25.6 Å². The maximum atomic E-state index is 13.3. The van der Waals surface area contributed by atoms with Gasteiger partial charge < -0.3 is 10.2 Å². The van der Waals surface area contributed by atoms with E-state index in [2.05, 4.69) is 5.32 Å². The highest BCUT2D eigenvalue weighted by molar-refractivity contribution is 7.90. The summed E-state index contributed by atoms with van der Waals surface area (Å²) in [6.45, 7) is 5.42. The van der Waals surface area contributed by atoms with Crippen LogP contribution in [0.4, 0.5) is 0 Å². The molecule has 2 aromatic carbocycles. The second-order valence-corrected chi connectivity index (χ2v) is 11.4. The Kier molecular flexibility index (Phi) is 9.03. The number of sulfonamides is 1. The Hall–Kier alpha value is -2.62. The smallest absolute Gasteiger partial charge is 0.269 e. The average Bonchev–Trinajstić information content (AvgIpc) is 3.04. The van der Waals surface area contributed by atoms with E-state index in [9.17, 15) is 22.8 Å². The molecule has 2 aromatic rings. The van der Waals surface area contributed by atoms with Crippen LogP contribution >= 0.6 is 23.2 Å². The van der Waals surface area contributed by atoms with Gasteiger partial charge in [0.2, 0.25) is 11.8 Å². The molecule has 3 rings (SSSR count). The third kappa shape index (κ3) is 6.02. The summed E-state index contributed by atoms with van der Waals surface area (Å²) in [5, 5.41) is 3.59. The molecular weight excluding hydrogens is 525 g/mol. The highest BCUT2D eigenvalue weighted by Gasteiger charge is 2.40. The molecule has 0 saturated carbocycles. The molecule has 0 spiro atoms. The lowest BCUT2D eigenvalue weighted by atomic mass is 10.1. The van der Waals surface area contributed by atoms with E-state index in [0.717, 1.165) is 10.7 Å². The van der Waals surface area contributed by atoms with Crippen molar-refractivity contribution in [2.45, 2.75) is 63.6 Å². The van der Waals surface area contributed by atoms with Gasteiger partial charge in [-0.15, -0.1) is 0 Å². The number of carbonyl (C=O) groups is 3. The fraction of sp³-hybridized carbons (Fsp3) is 0.400. The van der Waals surface area contributed by atoms with Crippen molar-refractivity contribution in [3.05, 3.63) is 63.6 Å². The summed E-state index contributed by atoms with van der Waals surface area (Å²) < 4.78 is 26.3. The molecule has 8 nitrogen and oxygen atoms in total. The van der Waals surface area contributed by atoms with Gasteiger partial charge in [-0.2, -0.15) is 0 Å². The maximum Gasteiger partial charge on any atom is 0.269 e. The van der Waals surface area contributed by atoms with Crippen LogP contribution in [0.1, 0.15) is 56.0 Å². The molecule has 1 heterocycles. The lowest BCUT2D eigenvalue weighted by Gasteiger charge is -2.30. The molecule has 0 saturated heterocycles. The van der Waals surface area contributed by atoms with Gasteiger partial charge in [-0.3, -0.25) is 14.4 Å². The minimum atomic E-state index is -3.95. The van der Waals surface area contributed by atoms with Crippen LogP contribution in [-0.4, -0.2) is 54.0 Å². The molecule has 1 aliphatic rings. The quantitative estimate of drug-likeness (QED) is 0.473. The number of rotatable bonds is 10.